The van der Waals surface area contributed by atoms with Crippen molar-refractivity contribution in [3.05, 3.63) is 71.8 Å². The van der Waals surface area contributed by atoms with E-state index in [1.54, 1.807) is 20.8 Å². The van der Waals surface area contributed by atoms with E-state index < -0.39 is 30.1 Å². The molecule has 2 aromatic rings. The second kappa shape index (κ2) is 13.2. The third-order valence-corrected chi connectivity index (χ3v) is 7.84. The number of likely N-dealkylation sites (tertiary alicyclic amines) is 1. The van der Waals surface area contributed by atoms with Crippen molar-refractivity contribution in [2.24, 2.45) is 5.92 Å². The van der Waals surface area contributed by atoms with Crippen LogP contribution < -0.4 is 0 Å². The first-order valence-electron chi connectivity index (χ1n) is 14.4. The smallest absolute Gasteiger partial charge is 0.410 e. The number of nitrogens with zero attached hydrogens (tertiary/aromatic N) is 2. The molecule has 1 amide bonds. The molecule has 0 aromatic heterocycles. The summed E-state index contributed by atoms with van der Waals surface area (Å²) in [6.45, 7) is 7.07. The highest BCUT2D eigenvalue weighted by Crippen LogP contribution is 2.36. The molecule has 1 atom stereocenters. The number of carbonyl (C=O) groups is 1. The topological polar surface area (TPSA) is 42.0 Å². The molecule has 2 aromatic carbocycles. The molecule has 1 heterocycles. The van der Waals surface area contributed by atoms with Gasteiger partial charge in [-0.15, -0.1) is 0 Å². The van der Waals surface area contributed by atoms with Crippen LogP contribution in [0.25, 0.3) is 0 Å². The predicted molar refractivity (Wildman–Crippen MR) is 150 cm³/mol. The van der Waals surface area contributed by atoms with Crippen molar-refractivity contribution in [3.8, 4) is 0 Å². The lowest BCUT2D eigenvalue weighted by Crippen LogP contribution is -2.52. The highest BCUT2D eigenvalue weighted by atomic mass is 19.3. The standard InChI is InChI=1S/C32H44F2N2O3/c1-31(2,3)39-30(37)35-20-18-27(32(33,34)24-35)19-21-38-29-16-14-28(15-17-29)36(22-25-10-6-4-7-11-25)23-26-12-8-5-9-13-26/h4-13,27-29H,14-24H2,1-3H3/t27?,28-,29-. The molecule has 1 saturated heterocycles. The Bertz CT molecular complexity index is 979. The molecular formula is C32H44F2N2O3. The van der Waals surface area contributed by atoms with Gasteiger partial charge in [0.05, 0.1) is 12.6 Å². The maximum absolute atomic E-state index is 14.9. The SMILES string of the molecule is CC(C)(C)OC(=O)N1CCC(CCO[C@H]2CC[C@H](N(Cc3ccccc3)Cc3ccccc3)CC2)C(F)(F)C1. The lowest BCUT2D eigenvalue weighted by molar-refractivity contribution is -0.120. The van der Waals surface area contributed by atoms with Gasteiger partial charge in [0.2, 0.25) is 0 Å². The van der Waals surface area contributed by atoms with Crippen LogP contribution in [0, 0.1) is 5.92 Å². The maximum Gasteiger partial charge on any atom is 0.410 e. The van der Waals surface area contributed by atoms with Gasteiger partial charge in [-0.1, -0.05) is 60.7 Å². The largest absolute Gasteiger partial charge is 0.444 e. The van der Waals surface area contributed by atoms with Gasteiger partial charge in [-0.3, -0.25) is 4.90 Å². The molecule has 0 spiro atoms. The van der Waals surface area contributed by atoms with Crippen LogP contribution in [0.5, 0.6) is 0 Å². The average Bonchev–Trinajstić information content (AvgIpc) is 2.89. The van der Waals surface area contributed by atoms with E-state index in [9.17, 15) is 13.6 Å². The molecule has 0 N–H and O–H groups in total. The number of alkyl halides is 2. The molecule has 0 bridgehead atoms. The van der Waals surface area contributed by atoms with Crippen molar-refractivity contribution in [1.29, 1.82) is 0 Å². The zero-order valence-electron chi connectivity index (χ0n) is 23.7. The molecule has 214 valence electrons. The van der Waals surface area contributed by atoms with Crippen molar-refractivity contribution in [2.45, 2.75) is 96.1 Å². The van der Waals surface area contributed by atoms with Gasteiger partial charge in [0.15, 0.2) is 0 Å². The summed E-state index contributed by atoms with van der Waals surface area (Å²) in [6, 6.07) is 21.6. The molecule has 5 nitrogen and oxygen atoms in total. The van der Waals surface area contributed by atoms with Gasteiger partial charge in [0, 0.05) is 38.2 Å². The van der Waals surface area contributed by atoms with Crippen LogP contribution in [0.15, 0.2) is 60.7 Å². The molecule has 1 saturated carbocycles. The Morgan fingerprint density at radius 1 is 0.923 bits per heavy atom. The van der Waals surface area contributed by atoms with E-state index in [2.05, 4.69) is 53.4 Å². The number of benzene rings is 2. The second-order valence-electron chi connectivity index (χ2n) is 12.1. The van der Waals surface area contributed by atoms with E-state index in [4.69, 9.17) is 9.47 Å². The minimum absolute atomic E-state index is 0.118. The van der Waals surface area contributed by atoms with Gasteiger partial charge in [-0.2, -0.15) is 0 Å². The summed E-state index contributed by atoms with van der Waals surface area (Å²) in [4.78, 5) is 16.0. The minimum Gasteiger partial charge on any atom is -0.444 e. The lowest BCUT2D eigenvalue weighted by atomic mass is 9.89. The summed E-state index contributed by atoms with van der Waals surface area (Å²) >= 11 is 0. The Hall–Kier alpha value is -2.51. The third kappa shape index (κ3) is 9.00. The normalized spacial score (nSPS) is 23.5. The number of amides is 1. The van der Waals surface area contributed by atoms with Gasteiger partial charge >= 0.3 is 6.09 Å². The van der Waals surface area contributed by atoms with E-state index in [0.717, 1.165) is 43.7 Å². The molecule has 39 heavy (non-hydrogen) atoms. The fourth-order valence-electron chi connectivity index (χ4n) is 5.73. The molecule has 1 aliphatic carbocycles. The Morgan fingerprint density at radius 3 is 2.00 bits per heavy atom. The summed E-state index contributed by atoms with van der Waals surface area (Å²) in [5.74, 6) is -3.72. The van der Waals surface area contributed by atoms with Crippen molar-refractivity contribution in [3.63, 3.8) is 0 Å². The number of hydrogen-bond acceptors (Lipinski definition) is 4. The van der Waals surface area contributed by atoms with Crippen molar-refractivity contribution in [1.82, 2.24) is 9.80 Å². The van der Waals surface area contributed by atoms with Gasteiger partial charge in [-0.05, 0) is 70.4 Å². The van der Waals surface area contributed by atoms with Crippen LogP contribution in [0.4, 0.5) is 13.6 Å². The Balaban J connectivity index is 1.23. The Kier molecular flexibility index (Phi) is 10.00. The number of hydrogen-bond donors (Lipinski definition) is 0. The zero-order chi connectivity index (χ0) is 27.9. The van der Waals surface area contributed by atoms with Gasteiger partial charge in [0.1, 0.15) is 5.60 Å². The fraction of sp³-hybridized carbons (Fsp3) is 0.594. The van der Waals surface area contributed by atoms with Crippen LogP contribution in [0.3, 0.4) is 0 Å². The monoisotopic (exact) mass is 542 g/mol. The van der Waals surface area contributed by atoms with E-state index in [1.807, 2.05) is 12.1 Å². The zero-order valence-corrected chi connectivity index (χ0v) is 23.7. The van der Waals surface area contributed by atoms with Crippen LogP contribution in [0.1, 0.15) is 70.4 Å². The van der Waals surface area contributed by atoms with Crippen molar-refractivity contribution < 1.29 is 23.0 Å². The molecule has 4 rings (SSSR count). The average molecular weight is 543 g/mol. The van der Waals surface area contributed by atoms with E-state index in [0.29, 0.717) is 25.6 Å². The lowest BCUT2D eigenvalue weighted by Gasteiger charge is -2.39. The molecule has 7 heteroatoms. The maximum atomic E-state index is 14.9. The first-order chi connectivity index (χ1) is 18.6. The highest BCUT2D eigenvalue weighted by molar-refractivity contribution is 5.68. The van der Waals surface area contributed by atoms with Gasteiger partial charge in [-0.25, -0.2) is 13.6 Å². The quantitative estimate of drug-likeness (QED) is 0.333. The van der Waals surface area contributed by atoms with Crippen LogP contribution in [0.2, 0.25) is 0 Å². The summed E-state index contributed by atoms with van der Waals surface area (Å²) in [6.07, 6.45) is 3.98. The summed E-state index contributed by atoms with van der Waals surface area (Å²) in [5.41, 5.74) is 1.92. The number of rotatable bonds is 9. The van der Waals surface area contributed by atoms with Crippen molar-refractivity contribution in [2.75, 3.05) is 19.7 Å². The minimum atomic E-state index is -2.94. The molecule has 2 aliphatic rings. The highest BCUT2D eigenvalue weighted by Gasteiger charge is 2.46. The molecule has 1 aliphatic heterocycles. The van der Waals surface area contributed by atoms with E-state index >= 15 is 0 Å². The first-order valence-corrected chi connectivity index (χ1v) is 14.4. The Morgan fingerprint density at radius 2 is 1.49 bits per heavy atom. The number of halogens is 2. The van der Waals surface area contributed by atoms with Crippen molar-refractivity contribution >= 4 is 6.09 Å². The number of piperidine rings is 1. The van der Waals surface area contributed by atoms with Crippen LogP contribution >= 0.6 is 0 Å². The first kappa shape index (κ1) is 29.5. The molecule has 0 radical (unpaired) electrons. The molecular weight excluding hydrogens is 498 g/mol. The Labute approximate surface area is 232 Å². The fourth-order valence-corrected chi connectivity index (χ4v) is 5.73. The summed E-state index contributed by atoms with van der Waals surface area (Å²) in [5, 5.41) is 0. The summed E-state index contributed by atoms with van der Waals surface area (Å²) in [7, 11) is 0. The number of ether oxygens (including phenoxy) is 2. The van der Waals surface area contributed by atoms with Gasteiger partial charge in [0.25, 0.3) is 5.92 Å². The van der Waals surface area contributed by atoms with E-state index in [1.165, 1.54) is 11.1 Å². The van der Waals surface area contributed by atoms with E-state index in [-0.39, 0.29) is 12.5 Å². The van der Waals surface area contributed by atoms with Gasteiger partial charge < -0.3 is 14.4 Å². The third-order valence-electron chi connectivity index (χ3n) is 7.84. The second-order valence-corrected chi connectivity index (χ2v) is 12.1. The van der Waals surface area contributed by atoms with Crippen LogP contribution in [-0.2, 0) is 22.6 Å². The predicted octanol–water partition coefficient (Wildman–Crippen LogP) is 7.30. The number of carbonyl (C=O) groups excluding carboxylic acids is 1. The molecule has 2 fully saturated rings. The van der Waals surface area contributed by atoms with Crippen LogP contribution in [-0.4, -0.2) is 59.3 Å². The molecule has 1 unspecified atom stereocenters. The summed E-state index contributed by atoms with van der Waals surface area (Å²) < 4.78 is 41.1.